The third kappa shape index (κ3) is 4.47. The lowest BCUT2D eigenvalue weighted by molar-refractivity contribution is 0.0313. The molecule has 0 radical (unpaired) electrons. The maximum absolute atomic E-state index is 12.5. The van der Waals surface area contributed by atoms with Crippen molar-refractivity contribution in [3.8, 4) is 0 Å². The summed E-state index contributed by atoms with van der Waals surface area (Å²) < 4.78 is 10.9. The maximum Gasteiger partial charge on any atom is 0.255 e. The van der Waals surface area contributed by atoms with Crippen molar-refractivity contribution in [2.24, 2.45) is 0 Å². The first-order valence-electron chi connectivity index (χ1n) is 8.48. The van der Waals surface area contributed by atoms with Gasteiger partial charge in [0.1, 0.15) is 12.0 Å². The van der Waals surface area contributed by atoms with Crippen LogP contribution < -0.4 is 5.32 Å². The molecule has 130 valence electrons. The van der Waals surface area contributed by atoms with Crippen molar-refractivity contribution in [1.82, 2.24) is 10.2 Å². The van der Waals surface area contributed by atoms with Crippen LogP contribution in [0.5, 0.6) is 0 Å². The van der Waals surface area contributed by atoms with Crippen LogP contribution in [0.4, 0.5) is 0 Å². The smallest absolute Gasteiger partial charge is 0.255 e. The van der Waals surface area contributed by atoms with Gasteiger partial charge in [0.25, 0.3) is 5.91 Å². The number of thiophene rings is 1. The Balaban J connectivity index is 1.60. The van der Waals surface area contributed by atoms with Gasteiger partial charge in [0.05, 0.1) is 31.4 Å². The van der Waals surface area contributed by atoms with Crippen LogP contribution >= 0.6 is 11.3 Å². The molecule has 3 heterocycles. The topological polar surface area (TPSA) is 54.7 Å². The molecule has 2 aromatic rings. The number of furan rings is 1. The second kappa shape index (κ2) is 8.46. The summed E-state index contributed by atoms with van der Waals surface area (Å²) in [5.41, 5.74) is 0.593. The number of nitrogens with one attached hydrogen (secondary N) is 1. The second-order valence-corrected chi connectivity index (χ2v) is 7.00. The number of amides is 1. The molecule has 2 aromatic heterocycles. The van der Waals surface area contributed by atoms with E-state index in [2.05, 4.69) is 23.2 Å². The van der Waals surface area contributed by atoms with Crippen LogP contribution in [0, 0.1) is 0 Å². The fourth-order valence-electron chi connectivity index (χ4n) is 2.87. The van der Waals surface area contributed by atoms with Crippen LogP contribution in [0.2, 0.25) is 0 Å². The summed E-state index contributed by atoms with van der Waals surface area (Å²) in [5.74, 6) is 0.754. The van der Waals surface area contributed by atoms with Crippen molar-refractivity contribution < 1.29 is 13.9 Å². The highest BCUT2D eigenvalue weighted by atomic mass is 32.1. The number of nitrogens with zero attached hydrogens (tertiary/aromatic N) is 1. The van der Waals surface area contributed by atoms with Gasteiger partial charge < -0.3 is 14.5 Å². The summed E-state index contributed by atoms with van der Waals surface area (Å²) in [6.07, 6.45) is 3.52. The Bertz CT molecular complexity index is 632. The zero-order valence-electron chi connectivity index (χ0n) is 14.0. The Labute approximate surface area is 146 Å². The Morgan fingerprint density at radius 2 is 2.25 bits per heavy atom. The highest BCUT2D eigenvalue weighted by molar-refractivity contribution is 7.10. The maximum atomic E-state index is 12.5. The minimum Gasteiger partial charge on any atom is -0.467 e. The Hall–Kier alpha value is -1.63. The molecule has 0 spiro atoms. The summed E-state index contributed by atoms with van der Waals surface area (Å²) in [7, 11) is 0. The molecule has 1 aliphatic rings. The van der Waals surface area contributed by atoms with E-state index in [0.29, 0.717) is 5.56 Å². The lowest BCUT2D eigenvalue weighted by Gasteiger charge is -2.25. The second-order valence-electron chi connectivity index (χ2n) is 6.02. The minimum atomic E-state index is -0.0705. The SMILES string of the molecule is CCC[C@@H](NC(=O)c1coc(CN2CCOCC2)c1)c1cccs1. The van der Waals surface area contributed by atoms with E-state index < -0.39 is 0 Å². The van der Waals surface area contributed by atoms with Gasteiger partial charge in [-0.05, 0) is 23.9 Å². The molecule has 0 bridgehead atoms. The van der Waals surface area contributed by atoms with Crippen molar-refractivity contribution in [2.75, 3.05) is 26.3 Å². The van der Waals surface area contributed by atoms with Crippen LogP contribution in [-0.4, -0.2) is 37.1 Å². The van der Waals surface area contributed by atoms with E-state index in [-0.39, 0.29) is 11.9 Å². The standard InChI is InChI=1S/C18H24N2O3S/c1-2-4-16(17-5-3-10-24-17)19-18(21)14-11-15(23-13-14)12-20-6-8-22-9-7-20/h3,5,10-11,13,16H,2,4,6-9,12H2,1H3,(H,19,21)/t16-/m1/s1. The molecule has 0 unspecified atom stereocenters. The lowest BCUT2D eigenvalue weighted by Crippen LogP contribution is -2.35. The molecular weight excluding hydrogens is 324 g/mol. The van der Waals surface area contributed by atoms with E-state index >= 15 is 0 Å². The summed E-state index contributed by atoms with van der Waals surface area (Å²) in [5, 5.41) is 5.18. The predicted molar refractivity (Wildman–Crippen MR) is 94.2 cm³/mol. The van der Waals surface area contributed by atoms with Gasteiger partial charge in [-0.15, -0.1) is 11.3 Å². The minimum absolute atomic E-state index is 0.0695. The van der Waals surface area contributed by atoms with Crippen LogP contribution in [0.25, 0.3) is 0 Å². The highest BCUT2D eigenvalue weighted by Gasteiger charge is 2.19. The molecule has 1 amide bonds. The quantitative estimate of drug-likeness (QED) is 0.833. The molecule has 24 heavy (non-hydrogen) atoms. The number of carbonyl (C=O) groups is 1. The molecule has 1 N–H and O–H groups in total. The third-order valence-electron chi connectivity index (χ3n) is 4.17. The largest absolute Gasteiger partial charge is 0.467 e. The number of rotatable bonds is 7. The summed E-state index contributed by atoms with van der Waals surface area (Å²) in [6, 6.07) is 6.01. The molecule has 1 fully saturated rings. The van der Waals surface area contributed by atoms with Crippen LogP contribution in [0.15, 0.2) is 34.3 Å². The van der Waals surface area contributed by atoms with Crippen molar-refractivity contribution in [3.63, 3.8) is 0 Å². The van der Waals surface area contributed by atoms with E-state index in [9.17, 15) is 4.79 Å². The van der Waals surface area contributed by atoms with Crippen LogP contribution in [0.1, 0.15) is 46.8 Å². The number of morpholine rings is 1. The van der Waals surface area contributed by atoms with Gasteiger partial charge in [-0.1, -0.05) is 19.4 Å². The molecule has 1 aliphatic heterocycles. The normalized spacial score (nSPS) is 16.9. The average Bonchev–Trinajstić information content (AvgIpc) is 3.27. The molecule has 0 aromatic carbocycles. The first-order chi connectivity index (χ1) is 11.8. The summed E-state index contributed by atoms with van der Waals surface area (Å²) >= 11 is 1.68. The third-order valence-corrected chi connectivity index (χ3v) is 5.15. The molecule has 1 saturated heterocycles. The molecule has 3 rings (SSSR count). The monoisotopic (exact) mass is 348 g/mol. The lowest BCUT2D eigenvalue weighted by atomic mass is 10.1. The van der Waals surface area contributed by atoms with Gasteiger partial charge in [0.15, 0.2) is 0 Å². The number of hydrogen-bond acceptors (Lipinski definition) is 5. The highest BCUT2D eigenvalue weighted by Crippen LogP contribution is 2.24. The molecule has 0 aliphatic carbocycles. The fraction of sp³-hybridized carbons (Fsp3) is 0.500. The van der Waals surface area contributed by atoms with E-state index in [4.69, 9.17) is 9.15 Å². The summed E-state index contributed by atoms with van der Waals surface area (Å²) in [6.45, 7) is 6.17. The van der Waals surface area contributed by atoms with Gasteiger partial charge in [-0.3, -0.25) is 9.69 Å². The van der Waals surface area contributed by atoms with Gasteiger partial charge in [0, 0.05) is 18.0 Å². The Kier molecular flexibility index (Phi) is 6.07. The first kappa shape index (κ1) is 17.2. The zero-order chi connectivity index (χ0) is 16.8. The van der Waals surface area contributed by atoms with Crippen molar-refractivity contribution >= 4 is 17.2 Å². The van der Waals surface area contributed by atoms with Crippen LogP contribution in [0.3, 0.4) is 0 Å². The van der Waals surface area contributed by atoms with Crippen molar-refractivity contribution in [3.05, 3.63) is 46.0 Å². The van der Waals surface area contributed by atoms with Crippen LogP contribution in [-0.2, 0) is 11.3 Å². The van der Waals surface area contributed by atoms with E-state index in [1.807, 2.05) is 17.5 Å². The molecular formula is C18H24N2O3S. The van der Waals surface area contributed by atoms with Crippen molar-refractivity contribution in [1.29, 1.82) is 0 Å². The number of ether oxygens (including phenoxy) is 1. The van der Waals surface area contributed by atoms with Gasteiger partial charge in [-0.25, -0.2) is 0 Å². The molecule has 5 nitrogen and oxygen atoms in total. The molecule has 0 saturated carbocycles. The Morgan fingerprint density at radius 3 is 2.96 bits per heavy atom. The van der Waals surface area contributed by atoms with Gasteiger partial charge >= 0.3 is 0 Å². The number of carbonyl (C=O) groups excluding carboxylic acids is 1. The molecule has 1 atom stereocenters. The van der Waals surface area contributed by atoms with Gasteiger partial charge in [0.2, 0.25) is 0 Å². The average molecular weight is 348 g/mol. The van der Waals surface area contributed by atoms with E-state index in [1.165, 1.54) is 4.88 Å². The Morgan fingerprint density at radius 1 is 1.42 bits per heavy atom. The van der Waals surface area contributed by atoms with Crippen molar-refractivity contribution in [2.45, 2.75) is 32.4 Å². The predicted octanol–water partition coefficient (Wildman–Crippen LogP) is 3.44. The number of hydrogen-bond donors (Lipinski definition) is 1. The zero-order valence-corrected chi connectivity index (χ0v) is 14.8. The fourth-order valence-corrected chi connectivity index (χ4v) is 3.68. The molecule has 6 heteroatoms. The summed E-state index contributed by atoms with van der Waals surface area (Å²) in [4.78, 5) is 16.0. The van der Waals surface area contributed by atoms with E-state index in [1.54, 1.807) is 17.6 Å². The van der Waals surface area contributed by atoms with Gasteiger partial charge in [-0.2, -0.15) is 0 Å². The first-order valence-corrected chi connectivity index (χ1v) is 9.36. The van der Waals surface area contributed by atoms with E-state index in [0.717, 1.165) is 51.4 Å².